The highest BCUT2D eigenvalue weighted by Crippen LogP contribution is 2.40. The highest BCUT2D eigenvalue weighted by Gasteiger charge is 2.20. The molecule has 5 aromatic carbocycles. The van der Waals surface area contributed by atoms with Crippen LogP contribution in [0.25, 0.3) is 21.5 Å². The van der Waals surface area contributed by atoms with E-state index in [9.17, 15) is 14.7 Å². The van der Waals surface area contributed by atoms with E-state index in [1.165, 1.54) is 51.4 Å². The van der Waals surface area contributed by atoms with Gasteiger partial charge in [-0.1, -0.05) is 119 Å². The first-order valence-electron chi connectivity index (χ1n) is 17.4. The second kappa shape index (κ2) is 17.6. The number of aryl methyl sites for hydroxylation is 1. The van der Waals surface area contributed by atoms with E-state index in [4.69, 9.17) is 11.6 Å². The number of anilines is 1. The molecule has 8 heteroatoms. The number of unbranched alkanes of at least 4 members (excludes halogenated alkanes) is 9. The average molecular weight is 677 g/mol. The van der Waals surface area contributed by atoms with Gasteiger partial charge in [0.15, 0.2) is 5.75 Å². The van der Waals surface area contributed by atoms with Crippen LogP contribution in [0, 0.1) is 6.92 Å². The number of carbonyl (C=O) groups is 2. The van der Waals surface area contributed by atoms with E-state index in [-0.39, 0.29) is 22.9 Å². The van der Waals surface area contributed by atoms with Gasteiger partial charge in [-0.2, -0.15) is 5.11 Å². The Hall–Kier alpha value is -4.75. The van der Waals surface area contributed by atoms with Gasteiger partial charge in [0, 0.05) is 33.6 Å². The van der Waals surface area contributed by atoms with E-state index in [0.717, 1.165) is 29.2 Å². The van der Waals surface area contributed by atoms with Gasteiger partial charge in [0.05, 0.1) is 11.3 Å². The molecule has 0 aliphatic carbocycles. The van der Waals surface area contributed by atoms with Crippen LogP contribution in [-0.2, 0) is 0 Å². The Bertz CT molecular complexity index is 1950. The number of nitrogens with zero attached hydrogens (tertiary/aromatic N) is 2. The third kappa shape index (κ3) is 9.45. The molecule has 0 aliphatic rings. The van der Waals surface area contributed by atoms with E-state index in [2.05, 4.69) is 27.8 Å². The first-order valence-corrected chi connectivity index (χ1v) is 17.8. The van der Waals surface area contributed by atoms with Crippen molar-refractivity contribution in [2.75, 3.05) is 11.9 Å². The van der Waals surface area contributed by atoms with E-state index >= 15 is 0 Å². The van der Waals surface area contributed by atoms with Crippen molar-refractivity contribution in [1.82, 2.24) is 5.32 Å². The largest absolute Gasteiger partial charge is 0.505 e. The topological polar surface area (TPSA) is 103 Å². The Kier molecular flexibility index (Phi) is 12.8. The van der Waals surface area contributed by atoms with Crippen molar-refractivity contribution in [1.29, 1.82) is 0 Å². The fraction of sp³-hybridized carbons (Fsp3) is 0.317. The molecule has 3 N–H and O–H groups in total. The van der Waals surface area contributed by atoms with Crippen LogP contribution in [0.5, 0.6) is 5.75 Å². The molecule has 0 radical (unpaired) electrons. The summed E-state index contributed by atoms with van der Waals surface area (Å²) in [6.07, 6.45) is 12.3. The quantitative estimate of drug-likeness (QED) is 0.0715. The maximum Gasteiger partial charge on any atom is 0.259 e. The molecule has 0 spiro atoms. The minimum atomic E-state index is -0.509. The molecular formula is C41H45ClN4O3. The summed E-state index contributed by atoms with van der Waals surface area (Å²) in [6, 6.07) is 25.4. The zero-order valence-corrected chi connectivity index (χ0v) is 29.2. The first kappa shape index (κ1) is 35.6. The van der Waals surface area contributed by atoms with Crippen molar-refractivity contribution in [3.8, 4) is 5.75 Å². The number of aromatic hydroxyl groups is 1. The van der Waals surface area contributed by atoms with Crippen molar-refractivity contribution in [3.63, 3.8) is 0 Å². The van der Waals surface area contributed by atoms with Crippen LogP contribution < -0.4 is 10.6 Å². The van der Waals surface area contributed by atoms with Crippen molar-refractivity contribution in [2.24, 2.45) is 10.2 Å². The second-order valence-corrected chi connectivity index (χ2v) is 13.0. The summed E-state index contributed by atoms with van der Waals surface area (Å²) in [7, 11) is 0. The van der Waals surface area contributed by atoms with Gasteiger partial charge in [0.2, 0.25) is 0 Å². The van der Waals surface area contributed by atoms with E-state index in [1.54, 1.807) is 42.5 Å². The number of phenols is 1. The van der Waals surface area contributed by atoms with Gasteiger partial charge in [-0.25, -0.2) is 0 Å². The SMILES string of the molecule is CCCCCCCCCCCCNC(=O)c1ccc2c(N=Nc3ccc(Cl)cc3C)c(O)c(C(=O)Nc3cccc4ccccc34)cc2c1. The number of benzene rings is 5. The second-order valence-electron chi connectivity index (χ2n) is 12.6. The van der Waals surface area contributed by atoms with E-state index in [1.807, 2.05) is 49.4 Å². The van der Waals surface area contributed by atoms with Crippen LogP contribution in [0.4, 0.5) is 17.1 Å². The molecule has 49 heavy (non-hydrogen) atoms. The van der Waals surface area contributed by atoms with Gasteiger partial charge in [0.25, 0.3) is 11.8 Å². The predicted molar refractivity (Wildman–Crippen MR) is 202 cm³/mol. The molecule has 2 amide bonds. The van der Waals surface area contributed by atoms with Crippen molar-refractivity contribution in [3.05, 3.63) is 107 Å². The lowest BCUT2D eigenvalue weighted by molar-refractivity contribution is 0.0952. The van der Waals surface area contributed by atoms with Gasteiger partial charge in [-0.05, 0) is 72.1 Å². The summed E-state index contributed by atoms with van der Waals surface area (Å²) in [4.78, 5) is 26.9. The smallest absolute Gasteiger partial charge is 0.259 e. The Balaban J connectivity index is 1.35. The predicted octanol–water partition coefficient (Wildman–Crippen LogP) is 12.0. The van der Waals surface area contributed by atoms with E-state index < -0.39 is 5.91 Å². The molecule has 0 heterocycles. The number of phenolic OH excluding ortho intramolecular Hbond substituents is 1. The molecule has 0 saturated heterocycles. The van der Waals surface area contributed by atoms with Crippen LogP contribution in [0.15, 0.2) is 95.2 Å². The fourth-order valence-electron chi connectivity index (χ4n) is 6.07. The minimum Gasteiger partial charge on any atom is -0.505 e. The summed E-state index contributed by atoms with van der Waals surface area (Å²) < 4.78 is 0. The Labute approximate surface area is 293 Å². The number of azo groups is 1. The molecule has 254 valence electrons. The molecule has 0 aliphatic heterocycles. The summed E-state index contributed by atoms with van der Waals surface area (Å²) in [5.74, 6) is -1.00. The maximum atomic E-state index is 13.7. The van der Waals surface area contributed by atoms with Crippen molar-refractivity contribution < 1.29 is 14.7 Å². The Morgan fingerprint density at radius 2 is 1.43 bits per heavy atom. The van der Waals surface area contributed by atoms with E-state index in [0.29, 0.717) is 39.3 Å². The molecule has 0 bridgehead atoms. The first-order chi connectivity index (χ1) is 23.9. The normalized spacial score (nSPS) is 11.4. The molecule has 0 aromatic heterocycles. The Morgan fingerprint density at radius 3 is 2.18 bits per heavy atom. The number of nitrogens with one attached hydrogen (secondary N) is 2. The van der Waals surface area contributed by atoms with Crippen molar-refractivity contribution in [2.45, 2.75) is 78.1 Å². The van der Waals surface area contributed by atoms with Crippen LogP contribution >= 0.6 is 11.6 Å². The Morgan fingerprint density at radius 1 is 0.714 bits per heavy atom. The summed E-state index contributed by atoms with van der Waals surface area (Å²) in [5, 5.41) is 29.9. The van der Waals surface area contributed by atoms with Crippen LogP contribution in [-0.4, -0.2) is 23.5 Å². The molecule has 0 unspecified atom stereocenters. The highest BCUT2D eigenvalue weighted by molar-refractivity contribution is 6.30. The number of halogens is 1. The standard InChI is InChI=1S/C41H45ClN4O3/c1-3-4-5-6-7-8-9-10-11-14-24-43-40(48)30-20-22-34-31(26-30)27-35(39(47)38(34)46-45-36-23-21-32(42)25-28(36)2)41(49)44-37-19-15-17-29-16-12-13-18-33(29)37/h12-13,15-23,25-27,47H,3-11,14,24H2,1-2H3,(H,43,48)(H,44,49). The molecule has 7 nitrogen and oxygen atoms in total. The van der Waals surface area contributed by atoms with Gasteiger partial charge >= 0.3 is 0 Å². The lowest BCUT2D eigenvalue weighted by Crippen LogP contribution is -2.24. The van der Waals surface area contributed by atoms with Crippen LogP contribution in [0.2, 0.25) is 5.02 Å². The molecule has 0 fully saturated rings. The zero-order chi connectivity index (χ0) is 34.6. The lowest BCUT2D eigenvalue weighted by Gasteiger charge is -2.13. The highest BCUT2D eigenvalue weighted by atomic mass is 35.5. The molecule has 0 atom stereocenters. The average Bonchev–Trinajstić information content (AvgIpc) is 3.10. The minimum absolute atomic E-state index is 0.0186. The van der Waals surface area contributed by atoms with Gasteiger partial charge in [0.1, 0.15) is 5.69 Å². The molecule has 0 saturated carbocycles. The fourth-order valence-corrected chi connectivity index (χ4v) is 6.29. The van der Waals surface area contributed by atoms with Gasteiger partial charge in [-0.3, -0.25) is 9.59 Å². The maximum absolute atomic E-state index is 13.7. The molecule has 5 aromatic rings. The number of amides is 2. The number of hydrogen-bond acceptors (Lipinski definition) is 5. The van der Waals surface area contributed by atoms with Gasteiger partial charge in [-0.15, -0.1) is 5.11 Å². The number of carbonyl (C=O) groups excluding carboxylic acids is 2. The third-order valence-corrected chi connectivity index (χ3v) is 9.10. The van der Waals surface area contributed by atoms with Crippen LogP contribution in [0.1, 0.15) is 97.4 Å². The summed E-state index contributed by atoms with van der Waals surface area (Å²) in [6.45, 7) is 4.71. The molecule has 5 rings (SSSR count). The summed E-state index contributed by atoms with van der Waals surface area (Å²) >= 11 is 6.13. The zero-order valence-electron chi connectivity index (χ0n) is 28.4. The number of rotatable bonds is 16. The number of fused-ring (bicyclic) bond motifs is 2. The number of hydrogen-bond donors (Lipinski definition) is 3. The lowest BCUT2D eigenvalue weighted by atomic mass is 10.00. The van der Waals surface area contributed by atoms with Crippen molar-refractivity contribution >= 4 is 62.0 Å². The third-order valence-electron chi connectivity index (χ3n) is 8.86. The molecular weight excluding hydrogens is 632 g/mol. The van der Waals surface area contributed by atoms with Crippen LogP contribution in [0.3, 0.4) is 0 Å². The monoisotopic (exact) mass is 676 g/mol. The van der Waals surface area contributed by atoms with Gasteiger partial charge < -0.3 is 15.7 Å². The summed E-state index contributed by atoms with van der Waals surface area (Å²) in [5.41, 5.74) is 2.61.